The smallest absolute Gasteiger partial charge is 0.0717 e. The average Bonchev–Trinajstić information content (AvgIpc) is 3.55. The van der Waals surface area contributed by atoms with E-state index >= 15 is 0 Å². The minimum Gasteiger partial charge on any atom is -0.0902 e. The molecule has 7 aliphatic rings. The zero-order valence-corrected chi connectivity index (χ0v) is 21.7. The van der Waals surface area contributed by atoms with Crippen LogP contribution in [0, 0.1) is 23.7 Å². The van der Waals surface area contributed by atoms with Gasteiger partial charge >= 0.3 is 0 Å². The Morgan fingerprint density at radius 1 is 0.517 bits per heavy atom. The van der Waals surface area contributed by atoms with Crippen LogP contribution in [0.3, 0.4) is 0 Å². The summed E-state index contributed by atoms with van der Waals surface area (Å²) in [6.07, 6.45) is 9.02. The highest BCUT2D eigenvalue weighted by Gasteiger charge is 2.51. The standard InChI is InChI=1S/C21H16S8/c1-2-11-9-10(1)14-12(16-22-5-6-23-16)3-4-13(15(11)14)17-26-20-21(27-17)29-19(28-20)18-24-7-8-25-18/h1-2,5-8,10-11,14-15H,3-4,9H2. The molecule has 0 N–H and O–H groups in total. The highest BCUT2D eigenvalue weighted by atomic mass is 32.3. The fourth-order valence-electron chi connectivity index (χ4n) is 5.31. The van der Waals surface area contributed by atoms with E-state index in [2.05, 4.69) is 57.3 Å². The van der Waals surface area contributed by atoms with Crippen LogP contribution in [0.5, 0.6) is 0 Å². The van der Waals surface area contributed by atoms with Crippen LogP contribution in [0.2, 0.25) is 0 Å². The second kappa shape index (κ2) is 7.79. The molecule has 0 aromatic heterocycles. The molecule has 4 atom stereocenters. The Kier molecular flexibility index (Phi) is 5.22. The average molecular weight is 525 g/mol. The van der Waals surface area contributed by atoms with Crippen LogP contribution >= 0.6 is 94.1 Å². The molecule has 0 radical (unpaired) electrons. The minimum atomic E-state index is 0.760. The van der Waals surface area contributed by atoms with Crippen molar-refractivity contribution in [3.05, 3.63) is 70.4 Å². The van der Waals surface area contributed by atoms with Gasteiger partial charge in [0.15, 0.2) is 0 Å². The van der Waals surface area contributed by atoms with Crippen molar-refractivity contribution in [1.29, 1.82) is 0 Å². The summed E-state index contributed by atoms with van der Waals surface area (Å²) < 4.78 is 9.29. The van der Waals surface area contributed by atoms with Crippen LogP contribution in [-0.4, -0.2) is 0 Å². The van der Waals surface area contributed by atoms with Crippen molar-refractivity contribution in [3.8, 4) is 0 Å². The van der Waals surface area contributed by atoms with Crippen molar-refractivity contribution in [1.82, 2.24) is 0 Å². The molecular formula is C21H16S8. The molecule has 2 bridgehead atoms. The van der Waals surface area contributed by atoms with Gasteiger partial charge in [-0.05, 0) is 75.7 Å². The van der Waals surface area contributed by atoms with E-state index in [9.17, 15) is 0 Å². The lowest BCUT2D eigenvalue weighted by Crippen LogP contribution is -2.28. The molecule has 7 rings (SSSR count). The van der Waals surface area contributed by atoms with Gasteiger partial charge in [0.05, 0.1) is 21.2 Å². The van der Waals surface area contributed by atoms with E-state index < -0.39 is 0 Å². The number of allylic oxidation sites excluding steroid dienone is 4. The van der Waals surface area contributed by atoms with Crippen molar-refractivity contribution in [2.45, 2.75) is 19.3 Å². The minimum absolute atomic E-state index is 0.760. The third-order valence-corrected chi connectivity index (χ3v) is 17.0. The Morgan fingerprint density at radius 3 is 1.55 bits per heavy atom. The summed E-state index contributed by atoms with van der Waals surface area (Å²) in [6.45, 7) is 0. The van der Waals surface area contributed by atoms with E-state index in [1.165, 1.54) is 27.7 Å². The van der Waals surface area contributed by atoms with Gasteiger partial charge in [-0.15, -0.1) is 0 Å². The molecule has 148 valence electrons. The van der Waals surface area contributed by atoms with Crippen LogP contribution in [0.25, 0.3) is 0 Å². The molecule has 0 nitrogen and oxygen atoms in total. The highest BCUT2D eigenvalue weighted by molar-refractivity contribution is 8.49. The lowest BCUT2D eigenvalue weighted by Gasteiger charge is -2.38. The first-order chi connectivity index (χ1) is 14.3. The van der Waals surface area contributed by atoms with Crippen molar-refractivity contribution in [2.24, 2.45) is 23.7 Å². The quantitative estimate of drug-likeness (QED) is 0.283. The predicted molar refractivity (Wildman–Crippen MR) is 144 cm³/mol. The van der Waals surface area contributed by atoms with Crippen molar-refractivity contribution in [2.75, 3.05) is 0 Å². The summed E-state index contributed by atoms with van der Waals surface area (Å²) in [4.78, 5) is 0. The van der Waals surface area contributed by atoms with E-state index in [0.717, 1.165) is 23.7 Å². The second-order valence-electron chi connectivity index (χ2n) is 7.70. The predicted octanol–water partition coefficient (Wildman–Crippen LogP) is 9.76. The first kappa shape index (κ1) is 19.4. The van der Waals surface area contributed by atoms with E-state index in [-0.39, 0.29) is 0 Å². The van der Waals surface area contributed by atoms with E-state index in [1.807, 2.05) is 70.6 Å². The highest BCUT2D eigenvalue weighted by Crippen LogP contribution is 2.71. The molecule has 2 fully saturated rings. The molecule has 29 heavy (non-hydrogen) atoms. The van der Waals surface area contributed by atoms with E-state index in [0.29, 0.717) is 0 Å². The summed E-state index contributed by atoms with van der Waals surface area (Å²) in [7, 11) is 0. The monoisotopic (exact) mass is 524 g/mol. The molecule has 0 aromatic carbocycles. The van der Waals surface area contributed by atoms with E-state index in [4.69, 9.17) is 0 Å². The molecule has 8 heteroatoms. The van der Waals surface area contributed by atoms with Gasteiger partial charge in [-0.2, -0.15) is 0 Å². The van der Waals surface area contributed by atoms with Gasteiger partial charge in [0, 0.05) is 4.24 Å². The third-order valence-electron chi connectivity index (χ3n) is 6.34. The van der Waals surface area contributed by atoms with Crippen LogP contribution in [0.4, 0.5) is 0 Å². The largest absolute Gasteiger partial charge is 0.0902 e. The molecule has 0 saturated heterocycles. The molecule has 0 aromatic rings. The Labute approximate surface area is 205 Å². The first-order valence-electron chi connectivity index (χ1n) is 9.66. The summed E-state index contributed by atoms with van der Waals surface area (Å²) >= 11 is 15.9. The van der Waals surface area contributed by atoms with Gasteiger partial charge in [0.2, 0.25) is 0 Å². The molecular weight excluding hydrogens is 509 g/mol. The van der Waals surface area contributed by atoms with Crippen molar-refractivity contribution < 1.29 is 0 Å². The van der Waals surface area contributed by atoms with Gasteiger partial charge in [-0.3, -0.25) is 0 Å². The van der Waals surface area contributed by atoms with Crippen LogP contribution < -0.4 is 0 Å². The normalized spacial score (nSPS) is 37.2. The Hall–Kier alpha value is 0.980. The summed E-state index contributed by atoms with van der Waals surface area (Å²) in [5.41, 5.74) is 3.58. The van der Waals surface area contributed by atoms with Gasteiger partial charge < -0.3 is 0 Å². The van der Waals surface area contributed by atoms with Crippen LogP contribution in [0.1, 0.15) is 19.3 Å². The summed E-state index contributed by atoms with van der Waals surface area (Å²) in [6, 6.07) is 0. The first-order valence-corrected chi connectivity index (χ1v) is 16.4. The van der Waals surface area contributed by atoms with Gasteiger partial charge in [-0.25, -0.2) is 0 Å². The van der Waals surface area contributed by atoms with Gasteiger partial charge in [-0.1, -0.05) is 106 Å². The maximum absolute atomic E-state index is 2.55. The lowest BCUT2D eigenvalue weighted by atomic mass is 9.69. The van der Waals surface area contributed by atoms with Crippen molar-refractivity contribution in [3.63, 3.8) is 0 Å². The maximum atomic E-state index is 2.55. The molecule has 4 unspecified atom stereocenters. The van der Waals surface area contributed by atoms with Gasteiger partial charge in [0.25, 0.3) is 0 Å². The number of fused-ring (bicyclic) bond motifs is 5. The fraction of sp³-hybridized carbons (Fsp3) is 0.333. The van der Waals surface area contributed by atoms with Gasteiger partial charge in [0.1, 0.15) is 0 Å². The number of hydrogen-bond donors (Lipinski definition) is 0. The van der Waals surface area contributed by atoms with Crippen LogP contribution in [-0.2, 0) is 0 Å². The molecule has 2 saturated carbocycles. The van der Waals surface area contributed by atoms with E-state index in [1.54, 1.807) is 28.1 Å². The topological polar surface area (TPSA) is 0 Å². The Morgan fingerprint density at radius 2 is 0.966 bits per heavy atom. The van der Waals surface area contributed by atoms with Crippen molar-refractivity contribution >= 4 is 94.1 Å². The number of rotatable bonds is 0. The fourth-order valence-corrected chi connectivity index (χ4v) is 16.1. The lowest BCUT2D eigenvalue weighted by molar-refractivity contribution is 0.360. The molecule has 4 aliphatic heterocycles. The zero-order valence-electron chi connectivity index (χ0n) is 15.2. The maximum Gasteiger partial charge on any atom is 0.0717 e. The number of hydrogen-bond acceptors (Lipinski definition) is 8. The number of thioether (sulfide) groups is 8. The molecule has 0 spiro atoms. The Balaban J connectivity index is 1.19. The summed E-state index contributed by atoms with van der Waals surface area (Å²) in [5.74, 6) is 3.09. The molecule has 4 heterocycles. The zero-order chi connectivity index (χ0) is 18.9. The second-order valence-corrected chi connectivity index (χ2v) is 17.0. The molecule has 0 amide bonds. The SMILES string of the molecule is C1=CSC(=C2SC3=C(S2)SC(=C2CCC(=C4SC=CS4)C4C5C=CC(C5)C24)S3)S1. The molecule has 3 aliphatic carbocycles. The van der Waals surface area contributed by atoms with Crippen LogP contribution in [0.15, 0.2) is 70.4 Å². The summed E-state index contributed by atoms with van der Waals surface area (Å²) in [5, 5.41) is 8.96. The third kappa shape index (κ3) is 3.22. The Bertz CT molecular complexity index is 981.